The smallest absolute Gasteiger partial charge is 0.329 e. The minimum absolute atomic E-state index is 0.299. The number of aromatic nitrogens is 2. The minimum atomic E-state index is -0.502. The third-order valence-corrected chi connectivity index (χ3v) is 2.33. The molecule has 1 heterocycles. The van der Waals surface area contributed by atoms with Crippen LogP contribution in [0.1, 0.15) is 18.7 Å². The Hall–Kier alpha value is -1.40. The topological polar surface area (TPSA) is 65.4 Å². The fourth-order valence-corrected chi connectivity index (χ4v) is 1.49. The van der Waals surface area contributed by atoms with E-state index in [1.807, 2.05) is 7.05 Å². The highest BCUT2D eigenvalue weighted by Crippen LogP contribution is 2.13. The SMILES string of the molecule is CCOC(=O)C(NCCOC)c1cncn1C. The first-order chi connectivity index (χ1) is 8.20. The zero-order valence-corrected chi connectivity index (χ0v) is 10.5. The minimum Gasteiger partial charge on any atom is -0.465 e. The van der Waals surface area contributed by atoms with Crippen molar-refractivity contribution in [2.45, 2.75) is 13.0 Å². The molecule has 0 aliphatic heterocycles. The van der Waals surface area contributed by atoms with Crippen molar-refractivity contribution in [1.82, 2.24) is 14.9 Å². The highest BCUT2D eigenvalue weighted by molar-refractivity contribution is 5.77. The van der Waals surface area contributed by atoms with Crippen LogP contribution in [0.15, 0.2) is 12.5 Å². The summed E-state index contributed by atoms with van der Waals surface area (Å²) in [4.78, 5) is 15.8. The van der Waals surface area contributed by atoms with Crippen molar-refractivity contribution >= 4 is 5.97 Å². The Kier molecular flexibility index (Phi) is 5.65. The van der Waals surface area contributed by atoms with Gasteiger partial charge in [-0.15, -0.1) is 0 Å². The summed E-state index contributed by atoms with van der Waals surface area (Å²) in [6, 6.07) is -0.502. The molecule has 6 nitrogen and oxygen atoms in total. The number of carbonyl (C=O) groups excluding carboxylic acids is 1. The molecule has 0 spiro atoms. The number of nitrogens with zero attached hydrogens (tertiary/aromatic N) is 2. The van der Waals surface area contributed by atoms with Crippen LogP contribution in [0.3, 0.4) is 0 Å². The number of hydrogen-bond acceptors (Lipinski definition) is 5. The van der Waals surface area contributed by atoms with Gasteiger partial charge in [-0.25, -0.2) is 9.78 Å². The van der Waals surface area contributed by atoms with Gasteiger partial charge < -0.3 is 14.0 Å². The Morgan fingerprint density at radius 3 is 2.94 bits per heavy atom. The average molecular weight is 241 g/mol. The van der Waals surface area contributed by atoms with Gasteiger partial charge in [0.25, 0.3) is 0 Å². The lowest BCUT2D eigenvalue weighted by Gasteiger charge is -2.17. The van der Waals surface area contributed by atoms with E-state index in [9.17, 15) is 4.79 Å². The lowest BCUT2D eigenvalue weighted by atomic mass is 10.2. The summed E-state index contributed by atoms with van der Waals surface area (Å²) in [7, 11) is 3.46. The van der Waals surface area contributed by atoms with E-state index in [2.05, 4.69) is 10.3 Å². The van der Waals surface area contributed by atoms with Gasteiger partial charge in [-0.05, 0) is 6.92 Å². The fourth-order valence-electron chi connectivity index (χ4n) is 1.49. The summed E-state index contributed by atoms with van der Waals surface area (Å²) in [6.07, 6.45) is 3.31. The molecule has 0 fully saturated rings. The molecule has 0 aliphatic carbocycles. The zero-order valence-electron chi connectivity index (χ0n) is 10.5. The molecule has 0 saturated carbocycles. The molecule has 0 radical (unpaired) electrons. The molecule has 1 aromatic rings. The molecule has 0 aliphatic rings. The van der Waals surface area contributed by atoms with Crippen molar-refractivity contribution < 1.29 is 14.3 Å². The average Bonchev–Trinajstić information content (AvgIpc) is 2.71. The molecule has 1 N–H and O–H groups in total. The van der Waals surface area contributed by atoms with Crippen LogP contribution >= 0.6 is 0 Å². The second kappa shape index (κ2) is 7.03. The second-order valence-electron chi connectivity index (χ2n) is 3.56. The molecule has 1 aromatic heterocycles. The lowest BCUT2D eigenvalue weighted by Crippen LogP contribution is -2.33. The Morgan fingerprint density at radius 1 is 1.65 bits per heavy atom. The summed E-state index contributed by atoms with van der Waals surface area (Å²) in [5.74, 6) is -0.299. The number of methoxy groups -OCH3 is 1. The molecule has 1 rings (SSSR count). The van der Waals surface area contributed by atoms with E-state index in [1.165, 1.54) is 0 Å². The molecule has 0 bridgehead atoms. The molecule has 1 atom stereocenters. The van der Waals surface area contributed by atoms with E-state index in [0.717, 1.165) is 5.69 Å². The highest BCUT2D eigenvalue weighted by Gasteiger charge is 2.23. The van der Waals surface area contributed by atoms with Gasteiger partial charge in [0.1, 0.15) is 6.04 Å². The van der Waals surface area contributed by atoms with Crippen LogP contribution in [0.25, 0.3) is 0 Å². The molecular formula is C11H19N3O3. The number of carbonyl (C=O) groups is 1. The third kappa shape index (κ3) is 3.83. The molecule has 0 saturated heterocycles. The molecule has 6 heteroatoms. The number of rotatable bonds is 7. The summed E-state index contributed by atoms with van der Waals surface area (Å²) in [5, 5.41) is 3.09. The van der Waals surface area contributed by atoms with E-state index < -0.39 is 6.04 Å². The summed E-state index contributed by atoms with van der Waals surface area (Å²) in [6.45, 7) is 3.26. The van der Waals surface area contributed by atoms with Crippen molar-refractivity contribution in [3.05, 3.63) is 18.2 Å². The monoisotopic (exact) mass is 241 g/mol. The van der Waals surface area contributed by atoms with Crippen molar-refractivity contribution in [3.8, 4) is 0 Å². The lowest BCUT2D eigenvalue weighted by molar-refractivity contribution is -0.146. The highest BCUT2D eigenvalue weighted by atomic mass is 16.5. The number of imidazole rings is 1. The number of esters is 1. The maximum atomic E-state index is 11.8. The maximum Gasteiger partial charge on any atom is 0.329 e. The van der Waals surface area contributed by atoms with Crippen LogP contribution < -0.4 is 5.32 Å². The van der Waals surface area contributed by atoms with Crippen molar-refractivity contribution in [1.29, 1.82) is 0 Å². The van der Waals surface area contributed by atoms with E-state index in [4.69, 9.17) is 9.47 Å². The molecule has 96 valence electrons. The standard InChI is InChI=1S/C11H19N3O3/c1-4-17-11(15)10(13-5-6-16-3)9-7-12-8-14(9)2/h7-8,10,13H,4-6H2,1-3H3. The Labute approximate surface area is 101 Å². The van der Waals surface area contributed by atoms with Crippen LogP contribution in [-0.4, -0.2) is 42.4 Å². The zero-order chi connectivity index (χ0) is 12.7. The van der Waals surface area contributed by atoms with Gasteiger partial charge >= 0.3 is 5.97 Å². The summed E-state index contributed by atoms with van der Waals surface area (Å²) >= 11 is 0. The van der Waals surface area contributed by atoms with Crippen molar-refractivity contribution in [2.24, 2.45) is 7.05 Å². The number of hydrogen-bond donors (Lipinski definition) is 1. The van der Waals surface area contributed by atoms with Gasteiger partial charge in [-0.3, -0.25) is 5.32 Å². The van der Waals surface area contributed by atoms with Gasteiger partial charge in [0.15, 0.2) is 0 Å². The molecule has 1 unspecified atom stereocenters. The maximum absolute atomic E-state index is 11.8. The molecule has 0 amide bonds. The quantitative estimate of drug-likeness (QED) is 0.548. The van der Waals surface area contributed by atoms with Crippen molar-refractivity contribution in [3.63, 3.8) is 0 Å². The Bertz CT molecular complexity index is 351. The van der Waals surface area contributed by atoms with Crippen LogP contribution in [-0.2, 0) is 21.3 Å². The van der Waals surface area contributed by atoms with Gasteiger partial charge in [-0.2, -0.15) is 0 Å². The number of nitrogens with one attached hydrogen (secondary N) is 1. The molecule has 17 heavy (non-hydrogen) atoms. The number of aryl methyl sites for hydroxylation is 1. The van der Waals surface area contributed by atoms with E-state index in [1.54, 1.807) is 31.1 Å². The predicted molar refractivity (Wildman–Crippen MR) is 62.5 cm³/mol. The first-order valence-corrected chi connectivity index (χ1v) is 5.55. The second-order valence-corrected chi connectivity index (χ2v) is 3.56. The summed E-state index contributed by atoms with van der Waals surface area (Å²) < 4.78 is 11.8. The van der Waals surface area contributed by atoms with E-state index in [0.29, 0.717) is 19.8 Å². The first-order valence-electron chi connectivity index (χ1n) is 5.55. The van der Waals surface area contributed by atoms with Crippen LogP contribution in [0.2, 0.25) is 0 Å². The van der Waals surface area contributed by atoms with Crippen LogP contribution in [0.5, 0.6) is 0 Å². The Morgan fingerprint density at radius 2 is 2.41 bits per heavy atom. The largest absolute Gasteiger partial charge is 0.465 e. The number of ether oxygens (including phenoxy) is 2. The fraction of sp³-hybridized carbons (Fsp3) is 0.636. The van der Waals surface area contributed by atoms with Gasteiger partial charge in [0.2, 0.25) is 0 Å². The van der Waals surface area contributed by atoms with Gasteiger partial charge in [0.05, 0.1) is 31.4 Å². The third-order valence-electron chi connectivity index (χ3n) is 2.33. The van der Waals surface area contributed by atoms with E-state index in [-0.39, 0.29) is 5.97 Å². The van der Waals surface area contributed by atoms with Crippen LogP contribution in [0, 0.1) is 0 Å². The Balaban J connectivity index is 2.72. The van der Waals surface area contributed by atoms with Gasteiger partial charge in [0, 0.05) is 20.7 Å². The van der Waals surface area contributed by atoms with E-state index >= 15 is 0 Å². The first kappa shape index (κ1) is 13.7. The molecule has 0 aromatic carbocycles. The van der Waals surface area contributed by atoms with Crippen LogP contribution in [0.4, 0.5) is 0 Å². The summed E-state index contributed by atoms with van der Waals surface area (Å²) in [5.41, 5.74) is 0.777. The predicted octanol–water partition coefficient (Wildman–Crippen LogP) is 0.260. The normalized spacial score (nSPS) is 12.4. The molecular weight excluding hydrogens is 222 g/mol. The van der Waals surface area contributed by atoms with Crippen molar-refractivity contribution in [2.75, 3.05) is 26.9 Å². The van der Waals surface area contributed by atoms with Gasteiger partial charge in [-0.1, -0.05) is 0 Å².